The van der Waals surface area contributed by atoms with E-state index in [1.807, 2.05) is 69.9 Å². The van der Waals surface area contributed by atoms with Crippen molar-refractivity contribution in [3.8, 4) is 23.0 Å². The van der Waals surface area contributed by atoms with E-state index in [0.29, 0.717) is 66.0 Å². The predicted octanol–water partition coefficient (Wildman–Crippen LogP) is 7.65. The highest BCUT2D eigenvalue weighted by Crippen LogP contribution is 2.37. The quantitative estimate of drug-likeness (QED) is 0.0301. The molecule has 2 aliphatic rings. The zero-order valence-corrected chi connectivity index (χ0v) is 45.3. The monoisotopic (exact) mass is 1080 g/mol. The SMILES string of the molecule is CNC(C)C(=O)NC(C(=O)N1CCC[C@H]1c1nc(C(=O)c2cccc(OCc3cn(CCCCCCOc4cccc(CNC(=O)c5cccc(NCc6nnc(-c7ccncn7)n6C)c5)c4)nn3)c2)cs1)C1CCCCC1. The average molecular weight is 1080 g/mol. The molecule has 4 N–H and O–H groups in total. The van der Waals surface area contributed by atoms with E-state index in [1.54, 1.807) is 61.9 Å². The molecule has 1 saturated carbocycles. The summed E-state index contributed by atoms with van der Waals surface area (Å²) in [5.41, 5.74) is 4.39. The van der Waals surface area contributed by atoms with Gasteiger partial charge in [-0.1, -0.05) is 61.2 Å². The molecule has 7 aromatic rings. The van der Waals surface area contributed by atoms with Gasteiger partial charge < -0.3 is 40.2 Å². The molecule has 3 aromatic carbocycles. The minimum atomic E-state index is -0.586. The van der Waals surface area contributed by atoms with Crippen LogP contribution in [0.3, 0.4) is 0 Å². The van der Waals surface area contributed by atoms with Gasteiger partial charge in [-0.15, -0.1) is 26.6 Å². The summed E-state index contributed by atoms with van der Waals surface area (Å²) in [5, 5.41) is 32.1. The Morgan fingerprint density at radius 2 is 1.64 bits per heavy atom. The highest BCUT2D eigenvalue weighted by atomic mass is 32.1. The number of amides is 3. The van der Waals surface area contributed by atoms with Crippen molar-refractivity contribution >= 4 is 40.5 Å². The number of likely N-dealkylation sites (tertiary alicyclic amines) is 1. The Kier molecular flexibility index (Phi) is 18.9. The normalized spacial score (nSPS) is 15.4. The molecule has 2 fully saturated rings. The number of nitrogens with one attached hydrogen (secondary N) is 4. The fraction of sp³-hybridized carbons (Fsp3) is 0.421. The van der Waals surface area contributed by atoms with Crippen LogP contribution in [0.25, 0.3) is 11.5 Å². The van der Waals surface area contributed by atoms with E-state index in [2.05, 4.69) is 51.7 Å². The molecule has 2 unspecified atom stereocenters. The first-order valence-corrected chi connectivity index (χ1v) is 27.9. The number of aryl methyl sites for hydroxylation is 1. The van der Waals surface area contributed by atoms with Crippen molar-refractivity contribution in [2.75, 3.05) is 25.5 Å². The molecule has 3 atom stereocenters. The number of carbonyl (C=O) groups is 4. The van der Waals surface area contributed by atoms with Gasteiger partial charge in [-0.25, -0.2) is 15.0 Å². The van der Waals surface area contributed by atoms with Gasteiger partial charge in [0.2, 0.25) is 17.6 Å². The second kappa shape index (κ2) is 26.9. The van der Waals surface area contributed by atoms with Crippen LogP contribution in [0.1, 0.15) is 132 Å². The summed E-state index contributed by atoms with van der Waals surface area (Å²) in [6.07, 6.45) is 15.5. The molecule has 408 valence electrons. The van der Waals surface area contributed by atoms with Gasteiger partial charge in [0.1, 0.15) is 52.6 Å². The molecule has 4 aromatic heterocycles. The Balaban J connectivity index is 0.666. The molecular weight excluding hydrogens is 1010 g/mol. The number of ether oxygens (including phenoxy) is 2. The summed E-state index contributed by atoms with van der Waals surface area (Å²) in [4.78, 5) is 69.1. The van der Waals surface area contributed by atoms with Gasteiger partial charge in [0.25, 0.3) is 5.91 Å². The molecule has 9 rings (SSSR count). The number of nitrogens with zero attached hydrogens (tertiary/aromatic N) is 10. The van der Waals surface area contributed by atoms with Crippen molar-refractivity contribution in [3.63, 3.8) is 0 Å². The number of benzene rings is 3. The van der Waals surface area contributed by atoms with E-state index in [4.69, 9.17) is 14.5 Å². The van der Waals surface area contributed by atoms with Gasteiger partial charge in [-0.3, -0.25) is 23.9 Å². The Bertz CT molecular complexity index is 3120. The first-order chi connectivity index (χ1) is 38.1. The summed E-state index contributed by atoms with van der Waals surface area (Å²) < 4.78 is 15.8. The van der Waals surface area contributed by atoms with Gasteiger partial charge in [-0.2, -0.15) is 0 Å². The van der Waals surface area contributed by atoms with Gasteiger partial charge in [0.15, 0.2) is 11.6 Å². The lowest BCUT2D eigenvalue weighted by molar-refractivity contribution is -0.139. The summed E-state index contributed by atoms with van der Waals surface area (Å²) >= 11 is 1.39. The average Bonchev–Trinajstić information content (AvgIpc) is 4.34. The number of thiazole rings is 1. The van der Waals surface area contributed by atoms with Crippen molar-refractivity contribution < 1.29 is 28.7 Å². The topological polar surface area (TPSA) is 238 Å². The van der Waals surface area contributed by atoms with Crippen molar-refractivity contribution in [1.82, 2.24) is 65.6 Å². The van der Waals surface area contributed by atoms with Crippen molar-refractivity contribution in [2.45, 2.75) is 122 Å². The summed E-state index contributed by atoms with van der Waals surface area (Å²) in [7, 11) is 3.62. The van der Waals surface area contributed by atoms with E-state index in [9.17, 15) is 19.2 Å². The molecule has 3 amide bonds. The standard InChI is InChI=1S/C57H68N14O6S/c1-38(58-2)54(73)64-51(40-16-7-6-8-17-40)57(75)71-27-14-23-49(71)56-63-48(36-78-56)52(72)41-18-13-22-46(31-41)77-35-44-34-70(68-65-44)26-9-4-5-10-28-76-45-21-11-15-39(29-45)32-61-55(74)42-19-12-20-43(30-42)60-33-50-66-67-53(69(50)3)47-24-25-59-37-62-47/h11-13,15,18-22,24-25,29-31,34,36-38,40,49,51,58,60H,4-10,14,16-17,23,26-28,32-33,35H2,1-3H3,(H,61,74)(H,64,73)/t38?,49-,51?/m0/s1. The zero-order chi connectivity index (χ0) is 54.2. The van der Waals surface area contributed by atoms with E-state index in [1.165, 1.54) is 17.7 Å². The van der Waals surface area contributed by atoms with Crippen LogP contribution in [0, 0.1) is 5.92 Å². The molecule has 0 spiro atoms. The second-order valence-electron chi connectivity index (χ2n) is 19.9. The van der Waals surface area contributed by atoms with Crippen LogP contribution in [0.2, 0.25) is 0 Å². The molecular formula is C57H68N14O6S. The highest BCUT2D eigenvalue weighted by molar-refractivity contribution is 7.10. The van der Waals surface area contributed by atoms with Crippen molar-refractivity contribution in [3.05, 3.63) is 142 Å². The Morgan fingerprint density at radius 3 is 2.47 bits per heavy atom. The molecule has 1 aliphatic heterocycles. The Labute approximate surface area is 458 Å². The summed E-state index contributed by atoms with van der Waals surface area (Å²) in [6.45, 7) is 4.64. The van der Waals surface area contributed by atoms with Crippen molar-refractivity contribution in [2.24, 2.45) is 13.0 Å². The van der Waals surface area contributed by atoms with Gasteiger partial charge >= 0.3 is 0 Å². The lowest BCUT2D eigenvalue weighted by Gasteiger charge is -2.35. The van der Waals surface area contributed by atoms with Crippen LogP contribution in [-0.2, 0) is 42.9 Å². The molecule has 0 bridgehead atoms. The number of ketones is 1. The molecule has 1 aliphatic carbocycles. The van der Waals surface area contributed by atoms with Crippen LogP contribution in [0.5, 0.6) is 11.5 Å². The first-order valence-electron chi connectivity index (χ1n) is 27.0. The van der Waals surface area contributed by atoms with E-state index in [0.717, 1.165) is 105 Å². The fourth-order valence-corrected chi connectivity index (χ4v) is 10.8. The lowest BCUT2D eigenvalue weighted by atomic mass is 9.83. The Morgan fingerprint density at radius 1 is 0.833 bits per heavy atom. The van der Waals surface area contributed by atoms with Crippen LogP contribution in [0.15, 0.2) is 103 Å². The predicted molar refractivity (Wildman–Crippen MR) is 294 cm³/mol. The highest BCUT2D eigenvalue weighted by Gasteiger charge is 2.40. The maximum absolute atomic E-state index is 14.2. The molecule has 78 heavy (non-hydrogen) atoms. The van der Waals surface area contributed by atoms with Gasteiger partial charge in [-0.05, 0) is 119 Å². The van der Waals surface area contributed by atoms with Crippen LogP contribution in [0.4, 0.5) is 5.69 Å². The number of likely N-dealkylation sites (N-methyl/N-ethyl adjacent to an activating group) is 1. The number of rotatable bonds is 26. The molecule has 21 heteroatoms. The Hall–Kier alpha value is -7.91. The van der Waals surface area contributed by atoms with E-state index in [-0.39, 0.29) is 42.1 Å². The second-order valence-corrected chi connectivity index (χ2v) is 20.8. The van der Waals surface area contributed by atoms with Crippen molar-refractivity contribution in [1.29, 1.82) is 0 Å². The molecule has 20 nitrogen and oxygen atoms in total. The number of aromatic nitrogens is 9. The number of anilines is 1. The number of hydrogen-bond acceptors (Lipinski definition) is 16. The lowest BCUT2D eigenvalue weighted by Crippen LogP contribution is -2.55. The van der Waals surface area contributed by atoms with Crippen LogP contribution in [-0.4, -0.2) is 105 Å². The largest absolute Gasteiger partial charge is 0.494 e. The van der Waals surface area contributed by atoms with Gasteiger partial charge in [0.05, 0.1) is 31.4 Å². The third-order valence-corrected chi connectivity index (χ3v) is 15.4. The minimum Gasteiger partial charge on any atom is -0.494 e. The van der Waals surface area contributed by atoms with Crippen LogP contribution >= 0.6 is 11.3 Å². The maximum atomic E-state index is 14.2. The number of carbonyl (C=O) groups excluding carboxylic acids is 4. The van der Waals surface area contributed by atoms with Gasteiger partial charge in [0, 0.05) is 55.1 Å². The number of unbranched alkanes of at least 4 members (excludes halogenated alkanes) is 3. The molecule has 1 saturated heterocycles. The summed E-state index contributed by atoms with van der Waals surface area (Å²) in [5.74, 6) is 2.09. The number of hydrogen-bond donors (Lipinski definition) is 4. The van der Waals surface area contributed by atoms with Crippen LogP contribution < -0.4 is 30.7 Å². The molecule has 5 heterocycles. The smallest absolute Gasteiger partial charge is 0.251 e. The fourth-order valence-electron chi connectivity index (χ4n) is 9.88. The minimum absolute atomic E-state index is 0.0604. The van der Waals surface area contributed by atoms with E-state index < -0.39 is 12.1 Å². The van der Waals surface area contributed by atoms with E-state index >= 15 is 0 Å². The third-order valence-electron chi connectivity index (χ3n) is 14.4. The summed E-state index contributed by atoms with van der Waals surface area (Å²) in [6, 6.07) is 22.7. The zero-order valence-electron chi connectivity index (χ0n) is 44.5. The third kappa shape index (κ3) is 14.4. The molecule has 0 radical (unpaired) electrons. The first kappa shape index (κ1) is 54.9. The maximum Gasteiger partial charge on any atom is 0.251 e.